The van der Waals surface area contributed by atoms with Crippen LogP contribution in [-0.2, 0) is 10.2 Å². The van der Waals surface area contributed by atoms with Crippen LogP contribution in [0.5, 0.6) is 0 Å². The Labute approximate surface area is 127 Å². The fraction of sp³-hybridized carbons (Fsp3) is 0.400. The third-order valence-corrected chi connectivity index (χ3v) is 4.56. The summed E-state index contributed by atoms with van der Waals surface area (Å²) in [6.07, 6.45) is 1.88. The van der Waals surface area contributed by atoms with Gasteiger partial charge in [0.25, 0.3) is 0 Å². The molecule has 2 aromatic rings. The summed E-state index contributed by atoms with van der Waals surface area (Å²) in [5, 5.41) is 10.6. The molecule has 110 valence electrons. The van der Waals surface area contributed by atoms with E-state index in [1.165, 1.54) is 0 Å². The molecule has 0 saturated heterocycles. The Hall–Kier alpha value is -1.82. The van der Waals surface area contributed by atoms with Gasteiger partial charge in [0.15, 0.2) is 0 Å². The number of benzene rings is 1. The van der Waals surface area contributed by atoms with Crippen LogP contribution in [0.15, 0.2) is 35.5 Å². The van der Waals surface area contributed by atoms with E-state index < -0.39 is 0 Å². The Morgan fingerprint density at radius 1 is 1.38 bits per heavy atom. The fourth-order valence-corrected chi connectivity index (χ4v) is 3.09. The first-order valence-corrected chi connectivity index (χ1v) is 8.05. The summed E-state index contributed by atoms with van der Waals surface area (Å²) < 4.78 is 0. The molecular weight excluding hydrogens is 284 g/mol. The number of rotatable bonds is 6. The number of amides is 1. The summed E-state index contributed by atoms with van der Waals surface area (Å²) in [5.74, 6) is 1.72. The maximum absolute atomic E-state index is 12.4. The molecule has 0 radical (unpaired) electrons. The van der Waals surface area contributed by atoms with E-state index >= 15 is 0 Å². The molecule has 1 aromatic heterocycles. The summed E-state index contributed by atoms with van der Waals surface area (Å²) in [6.45, 7) is 2.50. The minimum Gasteiger partial charge on any atom is -0.354 e. The van der Waals surface area contributed by atoms with Crippen LogP contribution < -0.4 is 5.32 Å². The standard InChI is InChI=1S/C15H18N4OS/c1-11-17-14(19-18-11)21-10-9-16-13(20)15(7-8-15)12-5-3-2-4-6-12/h2-6H,7-10H2,1H3,(H,16,20)(H,17,18,19). The number of carbonyl (C=O) groups is 1. The zero-order valence-corrected chi connectivity index (χ0v) is 12.7. The molecule has 0 atom stereocenters. The van der Waals surface area contributed by atoms with Crippen molar-refractivity contribution in [2.24, 2.45) is 0 Å². The van der Waals surface area contributed by atoms with Gasteiger partial charge in [-0.05, 0) is 25.3 Å². The predicted octanol–water partition coefficient (Wildman–Crippen LogP) is 2.05. The van der Waals surface area contributed by atoms with Crippen LogP contribution in [0.3, 0.4) is 0 Å². The van der Waals surface area contributed by atoms with Gasteiger partial charge in [-0.2, -0.15) is 0 Å². The lowest BCUT2D eigenvalue weighted by molar-refractivity contribution is -0.123. The Kier molecular flexibility index (Phi) is 3.96. The molecular formula is C15H18N4OS. The second-order valence-corrected chi connectivity index (χ2v) is 6.32. The fourth-order valence-electron chi connectivity index (χ4n) is 2.39. The molecule has 1 fully saturated rings. The average Bonchev–Trinajstić information content (AvgIpc) is 3.22. The molecule has 2 N–H and O–H groups in total. The molecule has 1 saturated carbocycles. The van der Waals surface area contributed by atoms with Gasteiger partial charge >= 0.3 is 0 Å². The molecule has 0 unspecified atom stereocenters. The van der Waals surface area contributed by atoms with Crippen molar-refractivity contribution < 1.29 is 4.79 Å². The topological polar surface area (TPSA) is 70.7 Å². The van der Waals surface area contributed by atoms with Gasteiger partial charge in [-0.25, -0.2) is 4.98 Å². The van der Waals surface area contributed by atoms with Crippen molar-refractivity contribution in [1.29, 1.82) is 0 Å². The van der Waals surface area contributed by atoms with Crippen LogP contribution in [0.2, 0.25) is 0 Å². The monoisotopic (exact) mass is 302 g/mol. The summed E-state index contributed by atoms with van der Waals surface area (Å²) in [4.78, 5) is 16.6. The maximum atomic E-state index is 12.4. The quantitative estimate of drug-likeness (QED) is 0.633. The number of hydrogen-bond donors (Lipinski definition) is 2. The molecule has 3 rings (SSSR count). The average molecular weight is 302 g/mol. The second-order valence-electron chi connectivity index (χ2n) is 5.26. The second kappa shape index (κ2) is 5.89. The van der Waals surface area contributed by atoms with E-state index in [1.807, 2.05) is 37.3 Å². The Morgan fingerprint density at radius 3 is 2.76 bits per heavy atom. The highest BCUT2D eigenvalue weighted by Gasteiger charge is 2.50. The zero-order valence-electron chi connectivity index (χ0n) is 11.9. The maximum Gasteiger partial charge on any atom is 0.230 e. The van der Waals surface area contributed by atoms with Gasteiger partial charge in [0.2, 0.25) is 11.1 Å². The van der Waals surface area contributed by atoms with Crippen LogP contribution in [0.25, 0.3) is 0 Å². The lowest BCUT2D eigenvalue weighted by Gasteiger charge is -2.15. The summed E-state index contributed by atoms with van der Waals surface area (Å²) >= 11 is 1.54. The first-order valence-electron chi connectivity index (χ1n) is 7.06. The third-order valence-electron chi connectivity index (χ3n) is 3.71. The molecule has 6 heteroatoms. The van der Waals surface area contributed by atoms with Gasteiger partial charge in [0, 0.05) is 12.3 Å². The summed E-state index contributed by atoms with van der Waals surface area (Å²) in [7, 11) is 0. The Bertz CT molecular complexity index is 622. The van der Waals surface area contributed by atoms with Crippen molar-refractivity contribution in [2.75, 3.05) is 12.3 Å². The highest BCUT2D eigenvalue weighted by Crippen LogP contribution is 2.48. The van der Waals surface area contributed by atoms with Gasteiger partial charge in [-0.15, -0.1) is 5.10 Å². The molecule has 0 spiro atoms. The lowest BCUT2D eigenvalue weighted by Crippen LogP contribution is -2.36. The first kappa shape index (κ1) is 14.1. The van der Waals surface area contributed by atoms with E-state index in [-0.39, 0.29) is 11.3 Å². The van der Waals surface area contributed by atoms with E-state index in [4.69, 9.17) is 0 Å². The van der Waals surface area contributed by atoms with Crippen LogP contribution >= 0.6 is 11.8 Å². The number of H-pyrrole nitrogens is 1. The SMILES string of the molecule is Cc1nc(SCCNC(=O)C2(c3ccccc3)CC2)n[nH]1. The largest absolute Gasteiger partial charge is 0.354 e. The highest BCUT2D eigenvalue weighted by molar-refractivity contribution is 7.99. The zero-order chi connectivity index (χ0) is 14.7. The molecule has 0 bridgehead atoms. The summed E-state index contributed by atoms with van der Waals surface area (Å²) in [6, 6.07) is 10.0. The van der Waals surface area contributed by atoms with Crippen molar-refractivity contribution in [3.8, 4) is 0 Å². The minimum atomic E-state index is -0.285. The predicted molar refractivity (Wildman–Crippen MR) is 82.2 cm³/mol. The molecule has 1 aliphatic carbocycles. The van der Waals surface area contributed by atoms with E-state index in [9.17, 15) is 4.79 Å². The smallest absolute Gasteiger partial charge is 0.230 e. The number of aromatic nitrogens is 3. The Morgan fingerprint density at radius 2 is 2.14 bits per heavy atom. The van der Waals surface area contributed by atoms with Crippen molar-refractivity contribution in [1.82, 2.24) is 20.5 Å². The minimum absolute atomic E-state index is 0.139. The lowest BCUT2D eigenvalue weighted by atomic mass is 9.95. The molecule has 1 amide bonds. The normalized spacial score (nSPS) is 15.7. The van der Waals surface area contributed by atoms with Gasteiger partial charge in [0.1, 0.15) is 5.82 Å². The summed E-state index contributed by atoms with van der Waals surface area (Å²) in [5.41, 5.74) is 0.840. The van der Waals surface area contributed by atoms with Gasteiger partial charge < -0.3 is 5.32 Å². The molecule has 0 aliphatic heterocycles. The number of thioether (sulfide) groups is 1. The van der Waals surface area contributed by atoms with Crippen molar-refractivity contribution in [3.05, 3.63) is 41.7 Å². The first-order chi connectivity index (χ1) is 10.2. The number of aromatic amines is 1. The number of nitrogens with zero attached hydrogens (tertiary/aromatic N) is 2. The van der Waals surface area contributed by atoms with Gasteiger partial charge in [-0.1, -0.05) is 42.1 Å². The van der Waals surface area contributed by atoms with Crippen LogP contribution in [0, 0.1) is 6.92 Å². The molecule has 1 aliphatic rings. The van der Waals surface area contributed by atoms with Crippen molar-refractivity contribution >= 4 is 17.7 Å². The van der Waals surface area contributed by atoms with E-state index in [0.29, 0.717) is 6.54 Å². The van der Waals surface area contributed by atoms with Crippen molar-refractivity contribution in [2.45, 2.75) is 30.3 Å². The van der Waals surface area contributed by atoms with E-state index in [0.717, 1.165) is 35.1 Å². The number of aryl methyl sites for hydroxylation is 1. The molecule has 1 aromatic carbocycles. The van der Waals surface area contributed by atoms with E-state index in [1.54, 1.807) is 11.8 Å². The van der Waals surface area contributed by atoms with Crippen LogP contribution in [-0.4, -0.2) is 33.4 Å². The van der Waals surface area contributed by atoms with Gasteiger partial charge in [-0.3, -0.25) is 9.89 Å². The molecule has 1 heterocycles. The Balaban J connectivity index is 1.49. The molecule has 21 heavy (non-hydrogen) atoms. The number of nitrogens with one attached hydrogen (secondary N) is 2. The van der Waals surface area contributed by atoms with Gasteiger partial charge in [0.05, 0.1) is 5.41 Å². The number of carbonyl (C=O) groups excluding carboxylic acids is 1. The third kappa shape index (κ3) is 3.10. The van der Waals surface area contributed by atoms with E-state index in [2.05, 4.69) is 20.5 Å². The molecule has 5 nitrogen and oxygen atoms in total. The van der Waals surface area contributed by atoms with Crippen LogP contribution in [0.1, 0.15) is 24.2 Å². The van der Waals surface area contributed by atoms with Crippen LogP contribution in [0.4, 0.5) is 0 Å². The van der Waals surface area contributed by atoms with Crippen molar-refractivity contribution in [3.63, 3.8) is 0 Å². The highest BCUT2D eigenvalue weighted by atomic mass is 32.2. The number of hydrogen-bond acceptors (Lipinski definition) is 4.